The molecule has 0 unspecified atom stereocenters. The van der Waals surface area contributed by atoms with Gasteiger partial charge in [-0.05, 0) is 46.3 Å². The van der Waals surface area contributed by atoms with Gasteiger partial charge < -0.3 is 9.88 Å². The van der Waals surface area contributed by atoms with Gasteiger partial charge >= 0.3 is 0 Å². The molecule has 2 nitrogen and oxygen atoms in total. The molecule has 104 valence electrons. The maximum Gasteiger partial charge on any atom is 0.0481 e. The van der Waals surface area contributed by atoms with Crippen molar-refractivity contribution in [1.82, 2.24) is 9.88 Å². The zero-order chi connectivity index (χ0) is 13.9. The SMILES string of the molecule is Brc1csc(CNCCn2ccc3cc(Br)ccc32)c1. The number of halogens is 2. The highest BCUT2D eigenvalue weighted by Gasteiger charge is 2.01. The molecule has 0 amide bonds. The Morgan fingerprint density at radius 2 is 2.00 bits per heavy atom. The fraction of sp³-hybridized carbons (Fsp3) is 0.200. The Bertz CT molecular complexity index is 718. The summed E-state index contributed by atoms with van der Waals surface area (Å²) in [5.41, 5.74) is 1.29. The van der Waals surface area contributed by atoms with E-state index in [1.165, 1.54) is 20.3 Å². The van der Waals surface area contributed by atoms with E-state index in [1.807, 2.05) is 0 Å². The van der Waals surface area contributed by atoms with Crippen LogP contribution in [0.4, 0.5) is 0 Å². The van der Waals surface area contributed by atoms with Crippen LogP contribution in [-0.2, 0) is 13.1 Å². The molecule has 0 saturated carbocycles. The molecule has 20 heavy (non-hydrogen) atoms. The maximum absolute atomic E-state index is 3.51. The van der Waals surface area contributed by atoms with Gasteiger partial charge in [0, 0.05) is 55.9 Å². The van der Waals surface area contributed by atoms with Crippen molar-refractivity contribution in [3.63, 3.8) is 0 Å². The first kappa shape index (κ1) is 14.3. The summed E-state index contributed by atoms with van der Waals surface area (Å²) < 4.78 is 4.59. The Balaban J connectivity index is 1.57. The number of nitrogens with one attached hydrogen (secondary N) is 1. The molecule has 0 aliphatic rings. The van der Waals surface area contributed by atoms with E-state index in [0.717, 1.165) is 24.1 Å². The van der Waals surface area contributed by atoms with Gasteiger partial charge in [0.1, 0.15) is 0 Å². The Morgan fingerprint density at radius 3 is 2.80 bits per heavy atom. The van der Waals surface area contributed by atoms with Crippen molar-refractivity contribution in [3.8, 4) is 0 Å². The number of benzene rings is 1. The molecule has 0 aliphatic carbocycles. The van der Waals surface area contributed by atoms with Crippen molar-refractivity contribution in [2.24, 2.45) is 0 Å². The van der Waals surface area contributed by atoms with Crippen LogP contribution in [0.5, 0.6) is 0 Å². The molecule has 2 heterocycles. The topological polar surface area (TPSA) is 17.0 Å². The molecule has 0 saturated heterocycles. The predicted octanol–water partition coefficient (Wildman–Crippen LogP) is 5.02. The first-order valence-electron chi connectivity index (χ1n) is 6.40. The highest BCUT2D eigenvalue weighted by molar-refractivity contribution is 9.10. The van der Waals surface area contributed by atoms with Gasteiger partial charge in [0.05, 0.1) is 0 Å². The number of nitrogens with zero attached hydrogens (tertiary/aromatic N) is 1. The fourth-order valence-electron chi connectivity index (χ4n) is 2.22. The molecule has 0 spiro atoms. The number of rotatable bonds is 5. The van der Waals surface area contributed by atoms with Gasteiger partial charge in [-0.3, -0.25) is 0 Å². The van der Waals surface area contributed by atoms with E-state index in [1.54, 1.807) is 11.3 Å². The second-order valence-corrected chi connectivity index (χ2v) is 7.45. The summed E-state index contributed by atoms with van der Waals surface area (Å²) in [6.07, 6.45) is 2.15. The third-order valence-corrected chi connectivity index (χ3v) is 5.37. The summed E-state index contributed by atoms with van der Waals surface area (Å²) in [5.74, 6) is 0. The second-order valence-electron chi connectivity index (χ2n) is 4.62. The molecule has 0 fully saturated rings. The minimum atomic E-state index is 0.932. The average molecular weight is 414 g/mol. The highest BCUT2D eigenvalue weighted by Crippen LogP contribution is 2.21. The minimum Gasteiger partial charge on any atom is -0.346 e. The molecule has 0 atom stereocenters. The third-order valence-electron chi connectivity index (χ3n) is 3.18. The summed E-state index contributed by atoms with van der Waals surface area (Å²) in [6, 6.07) is 10.7. The monoisotopic (exact) mass is 412 g/mol. The smallest absolute Gasteiger partial charge is 0.0481 e. The number of fused-ring (bicyclic) bond motifs is 1. The van der Waals surface area contributed by atoms with E-state index in [9.17, 15) is 0 Å². The third kappa shape index (κ3) is 3.34. The number of hydrogen-bond acceptors (Lipinski definition) is 2. The van der Waals surface area contributed by atoms with Crippen molar-refractivity contribution >= 4 is 54.1 Å². The number of hydrogen-bond donors (Lipinski definition) is 1. The molecule has 0 bridgehead atoms. The summed E-state index contributed by atoms with van der Waals surface area (Å²) in [6.45, 7) is 2.88. The van der Waals surface area contributed by atoms with Gasteiger partial charge in [-0.25, -0.2) is 0 Å². The van der Waals surface area contributed by atoms with Crippen LogP contribution < -0.4 is 5.32 Å². The zero-order valence-electron chi connectivity index (χ0n) is 10.8. The molecule has 1 aromatic carbocycles. The van der Waals surface area contributed by atoms with E-state index in [4.69, 9.17) is 0 Å². The molecule has 0 radical (unpaired) electrons. The largest absolute Gasteiger partial charge is 0.346 e. The summed E-state index contributed by atoms with van der Waals surface area (Å²) in [7, 11) is 0. The first-order chi connectivity index (χ1) is 9.72. The summed E-state index contributed by atoms with van der Waals surface area (Å²) in [4.78, 5) is 1.36. The predicted molar refractivity (Wildman–Crippen MR) is 93.4 cm³/mol. The van der Waals surface area contributed by atoms with Crippen LogP contribution in [0.1, 0.15) is 4.88 Å². The lowest BCUT2D eigenvalue weighted by Gasteiger charge is -2.06. The molecule has 3 aromatic rings. The van der Waals surface area contributed by atoms with Crippen LogP contribution in [0, 0.1) is 0 Å². The van der Waals surface area contributed by atoms with E-state index in [-0.39, 0.29) is 0 Å². The van der Waals surface area contributed by atoms with Crippen molar-refractivity contribution in [2.45, 2.75) is 13.1 Å². The molecule has 3 rings (SSSR count). The van der Waals surface area contributed by atoms with Crippen molar-refractivity contribution in [3.05, 3.63) is 55.7 Å². The lowest BCUT2D eigenvalue weighted by molar-refractivity contribution is 0.613. The second kappa shape index (κ2) is 6.43. The van der Waals surface area contributed by atoms with Crippen LogP contribution in [0.15, 0.2) is 50.9 Å². The van der Waals surface area contributed by atoms with Gasteiger partial charge in [-0.1, -0.05) is 15.9 Å². The molecule has 2 aromatic heterocycles. The Labute approximate surface area is 139 Å². The van der Waals surface area contributed by atoms with Gasteiger partial charge in [0.2, 0.25) is 0 Å². The quantitative estimate of drug-likeness (QED) is 0.581. The normalized spacial score (nSPS) is 11.3. The highest BCUT2D eigenvalue weighted by atomic mass is 79.9. The average Bonchev–Trinajstić information content (AvgIpc) is 3.01. The molecule has 0 aliphatic heterocycles. The van der Waals surface area contributed by atoms with Gasteiger partial charge in [-0.2, -0.15) is 0 Å². The summed E-state index contributed by atoms with van der Waals surface area (Å²) >= 11 is 8.77. The summed E-state index contributed by atoms with van der Waals surface area (Å²) in [5, 5.41) is 6.89. The van der Waals surface area contributed by atoms with Crippen LogP contribution >= 0.6 is 43.2 Å². The van der Waals surface area contributed by atoms with Gasteiger partial charge in [0.25, 0.3) is 0 Å². The molecule has 1 N–H and O–H groups in total. The van der Waals surface area contributed by atoms with E-state index >= 15 is 0 Å². The first-order valence-corrected chi connectivity index (χ1v) is 8.87. The van der Waals surface area contributed by atoms with E-state index < -0.39 is 0 Å². The van der Waals surface area contributed by atoms with Crippen LogP contribution in [0.2, 0.25) is 0 Å². The molecule has 5 heteroatoms. The number of thiophene rings is 1. The van der Waals surface area contributed by atoms with E-state index in [2.05, 4.69) is 83.7 Å². The number of aromatic nitrogens is 1. The molecular weight excluding hydrogens is 400 g/mol. The lowest BCUT2D eigenvalue weighted by Crippen LogP contribution is -2.18. The lowest BCUT2D eigenvalue weighted by atomic mass is 10.2. The van der Waals surface area contributed by atoms with Gasteiger partial charge in [0.15, 0.2) is 0 Å². The van der Waals surface area contributed by atoms with Crippen molar-refractivity contribution in [2.75, 3.05) is 6.54 Å². The standard InChI is InChI=1S/C15H14Br2N2S/c16-12-1-2-15-11(7-12)3-5-19(15)6-4-18-9-14-8-13(17)10-20-14/h1-3,5,7-8,10,18H,4,6,9H2. The van der Waals surface area contributed by atoms with Crippen LogP contribution in [0.3, 0.4) is 0 Å². The Morgan fingerprint density at radius 1 is 1.10 bits per heavy atom. The van der Waals surface area contributed by atoms with Crippen LogP contribution in [0.25, 0.3) is 10.9 Å². The Hall–Kier alpha value is -0.620. The van der Waals surface area contributed by atoms with Crippen molar-refractivity contribution < 1.29 is 0 Å². The van der Waals surface area contributed by atoms with Gasteiger partial charge in [-0.15, -0.1) is 11.3 Å². The Kier molecular flexibility index (Phi) is 4.61. The minimum absolute atomic E-state index is 0.932. The maximum atomic E-state index is 3.51. The molecular formula is C15H14Br2N2S. The zero-order valence-corrected chi connectivity index (χ0v) is 14.8. The fourth-order valence-corrected chi connectivity index (χ4v) is 4.02. The van der Waals surface area contributed by atoms with Crippen LogP contribution in [-0.4, -0.2) is 11.1 Å². The van der Waals surface area contributed by atoms with E-state index in [0.29, 0.717) is 0 Å². The van der Waals surface area contributed by atoms with Crippen molar-refractivity contribution in [1.29, 1.82) is 0 Å².